The largest absolute Gasteiger partial charge is 0.308 e. The van der Waals surface area contributed by atoms with Gasteiger partial charge in [-0.3, -0.25) is 0 Å². The first-order valence-electron chi connectivity index (χ1n) is 8.20. The van der Waals surface area contributed by atoms with Crippen molar-refractivity contribution in [3.05, 3.63) is 0 Å². The van der Waals surface area contributed by atoms with Crippen LogP contribution in [0.15, 0.2) is 0 Å². The van der Waals surface area contributed by atoms with Gasteiger partial charge in [0.15, 0.2) is 9.84 Å². The van der Waals surface area contributed by atoms with Crippen LogP contribution in [0.25, 0.3) is 0 Å². The Hall–Kier alpha value is -0.0900. The molecular weight excluding hydrogens is 270 g/mol. The summed E-state index contributed by atoms with van der Waals surface area (Å²) in [6.45, 7) is 10.1. The van der Waals surface area contributed by atoms with Gasteiger partial charge in [-0.15, -0.1) is 0 Å². The lowest BCUT2D eigenvalue weighted by Gasteiger charge is -2.42. The normalized spacial score (nSPS) is 20.3. The molecular formula is C16H33NO2S. The zero-order chi connectivity index (χ0) is 15.4. The smallest absolute Gasteiger partial charge is 0.157 e. The van der Waals surface area contributed by atoms with Crippen LogP contribution >= 0.6 is 0 Å². The minimum absolute atomic E-state index is 0.198. The molecule has 0 aromatic rings. The molecule has 0 aliphatic heterocycles. The molecule has 4 heteroatoms. The molecule has 0 bridgehead atoms. The van der Waals surface area contributed by atoms with Gasteiger partial charge in [0.25, 0.3) is 0 Å². The maximum atomic E-state index is 12.9. The molecule has 1 aliphatic carbocycles. The average Bonchev–Trinajstić information content (AvgIpc) is 2.36. The molecule has 0 amide bonds. The molecule has 0 atom stereocenters. The van der Waals surface area contributed by atoms with Crippen molar-refractivity contribution in [3.63, 3.8) is 0 Å². The van der Waals surface area contributed by atoms with Gasteiger partial charge in [-0.05, 0) is 32.6 Å². The standard InChI is InChI=1S/C16H33NO2S/c1-6-15(5,7-2)20(18,19)13-16(17-14(3)4)11-9-8-10-12-16/h14,17H,6-13H2,1-5H3. The summed E-state index contributed by atoms with van der Waals surface area (Å²) < 4.78 is 25.3. The van der Waals surface area contributed by atoms with E-state index in [9.17, 15) is 8.42 Å². The van der Waals surface area contributed by atoms with Crippen LogP contribution in [-0.4, -0.2) is 30.5 Å². The van der Waals surface area contributed by atoms with E-state index in [1.807, 2.05) is 20.8 Å². The predicted molar refractivity (Wildman–Crippen MR) is 86.9 cm³/mol. The van der Waals surface area contributed by atoms with Gasteiger partial charge >= 0.3 is 0 Å². The van der Waals surface area contributed by atoms with E-state index in [0.717, 1.165) is 25.7 Å². The molecule has 120 valence electrons. The lowest BCUT2D eigenvalue weighted by atomic mass is 9.82. The second kappa shape index (κ2) is 6.78. The van der Waals surface area contributed by atoms with Crippen molar-refractivity contribution in [3.8, 4) is 0 Å². The van der Waals surface area contributed by atoms with E-state index in [4.69, 9.17) is 0 Å². The third-order valence-electron chi connectivity index (χ3n) is 5.12. The molecule has 0 saturated heterocycles. The molecule has 20 heavy (non-hydrogen) atoms. The first-order chi connectivity index (χ1) is 9.20. The highest BCUT2D eigenvalue weighted by Crippen LogP contribution is 2.35. The van der Waals surface area contributed by atoms with Gasteiger partial charge in [0.2, 0.25) is 0 Å². The van der Waals surface area contributed by atoms with Crippen LogP contribution in [0.5, 0.6) is 0 Å². The maximum absolute atomic E-state index is 12.9. The van der Waals surface area contributed by atoms with Crippen molar-refractivity contribution < 1.29 is 8.42 Å². The van der Waals surface area contributed by atoms with E-state index >= 15 is 0 Å². The van der Waals surface area contributed by atoms with E-state index in [-0.39, 0.29) is 5.54 Å². The Kier molecular flexibility index (Phi) is 6.09. The van der Waals surface area contributed by atoms with Crippen LogP contribution in [0.1, 0.15) is 79.6 Å². The summed E-state index contributed by atoms with van der Waals surface area (Å²) in [7, 11) is -3.09. The molecule has 1 aliphatic rings. The van der Waals surface area contributed by atoms with Gasteiger partial charge in [-0.2, -0.15) is 0 Å². The number of hydrogen-bond donors (Lipinski definition) is 1. The number of rotatable bonds is 7. The van der Waals surface area contributed by atoms with Crippen molar-refractivity contribution in [1.82, 2.24) is 5.32 Å². The molecule has 0 radical (unpaired) electrons. The van der Waals surface area contributed by atoms with E-state index in [1.54, 1.807) is 0 Å². The summed E-state index contributed by atoms with van der Waals surface area (Å²) in [5, 5.41) is 3.59. The van der Waals surface area contributed by atoms with Crippen LogP contribution < -0.4 is 5.32 Å². The number of hydrogen-bond acceptors (Lipinski definition) is 3. The first-order valence-corrected chi connectivity index (χ1v) is 9.85. The third-order valence-corrected chi connectivity index (χ3v) is 8.13. The van der Waals surface area contributed by atoms with Crippen LogP contribution in [0.2, 0.25) is 0 Å². The second-order valence-electron chi connectivity index (χ2n) is 7.06. The number of nitrogens with one attached hydrogen (secondary N) is 1. The number of sulfone groups is 1. The second-order valence-corrected chi connectivity index (χ2v) is 9.56. The van der Waals surface area contributed by atoms with Gasteiger partial charge in [0.05, 0.1) is 10.5 Å². The quantitative estimate of drug-likeness (QED) is 0.780. The molecule has 0 spiro atoms. The summed E-state index contributed by atoms with van der Waals surface area (Å²) in [6, 6.07) is 0.331. The highest BCUT2D eigenvalue weighted by Gasteiger charge is 2.43. The zero-order valence-electron chi connectivity index (χ0n) is 14.0. The molecule has 1 rings (SSSR count). The molecule has 1 fully saturated rings. The van der Waals surface area contributed by atoms with Crippen LogP contribution in [-0.2, 0) is 9.84 Å². The summed E-state index contributed by atoms with van der Waals surface area (Å²) in [4.78, 5) is 0. The molecule has 1 N–H and O–H groups in total. The van der Waals surface area contributed by atoms with Crippen molar-refractivity contribution in [2.45, 2.75) is 95.9 Å². The zero-order valence-corrected chi connectivity index (χ0v) is 14.8. The van der Waals surface area contributed by atoms with E-state index in [0.29, 0.717) is 24.6 Å². The van der Waals surface area contributed by atoms with E-state index < -0.39 is 14.6 Å². The fourth-order valence-corrected chi connectivity index (χ4v) is 5.73. The summed E-state index contributed by atoms with van der Waals surface area (Å²) in [5.41, 5.74) is -0.198. The lowest BCUT2D eigenvalue weighted by Crippen LogP contribution is -2.56. The fourth-order valence-electron chi connectivity index (χ4n) is 3.40. The predicted octanol–water partition coefficient (Wildman–Crippen LogP) is 3.68. The highest BCUT2D eigenvalue weighted by atomic mass is 32.2. The van der Waals surface area contributed by atoms with Crippen molar-refractivity contribution in [2.75, 3.05) is 5.75 Å². The van der Waals surface area contributed by atoms with Gasteiger partial charge in [-0.1, -0.05) is 47.0 Å². The van der Waals surface area contributed by atoms with E-state index in [1.165, 1.54) is 6.42 Å². The van der Waals surface area contributed by atoms with Gasteiger partial charge in [0.1, 0.15) is 0 Å². The lowest BCUT2D eigenvalue weighted by molar-refractivity contribution is 0.238. The fraction of sp³-hybridized carbons (Fsp3) is 1.00. The van der Waals surface area contributed by atoms with Crippen molar-refractivity contribution in [1.29, 1.82) is 0 Å². The van der Waals surface area contributed by atoms with Crippen LogP contribution in [0.3, 0.4) is 0 Å². The summed E-state index contributed by atoms with van der Waals surface area (Å²) in [5.74, 6) is 0.302. The molecule has 0 heterocycles. The van der Waals surface area contributed by atoms with Gasteiger partial charge in [0, 0.05) is 11.6 Å². The Morgan fingerprint density at radius 1 is 1.10 bits per heavy atom. The Labute approximate surface area is 125 Å². The van der Waals surface area contributed by atoms with Crippen molar-refractivity contribution in [2.24, 2.45) is 0 Å². The monoisotopic (exact) mass is 303 g/mol. The van der Waals surface area contributed by atoms with Crippen molar-refractivity contribution >= 4 is 9.84 Å². The van der Waals surface area contributed by atoms with E-state index in [2.05, 4.69) is 19.2 Å². The maximum Gasteiger partial charge on any atom is 0.157 e. The van der Waals surface area contributed by atoms with Gasteiger partial charge in [-0.25, -0.2) is 8.42 Å². The highest BCUT2D eigenvalue weighted by molar-refractivity contribution is 7.92. The Balaban J connectivity index is 3.00. The van der Waals surface area contributed by atoms with Crippen LogP contribution in [0, 0.1) is 0 Å². The molecule has 0 unspecified atom stereocenters. The summed E-state index contributed by atoms with van der Waals surface area (Å²) in [6.07, 6.45) is 6.91. The first kappa shape index (κ1) is 18.0. The Bertz CT molecular complexity index is 391. The topological polar surface area (TPSA) is 46.2 Å². The molecule has 1 saturated carbocycles. The third kappa shape index (κ3) is 3.97. The molecule has 0 aromatic heterocycles. The average molecular weight is 304 g/mol. The minimum Gasteiger partial charge on any atom is -0.308 e. The Morgan fingerprint density at radius 3 is 2.00 bits per heavy atom. The summed E-state index contributed by atoms with van der Waals surface area (Å²) >= 11 is 0. The minimum atomic E-state index is -3.09. The Morgan fingerprint density at radius 2 is 1.60 bits per heavy atom. The molecule has 3 nitrogen and oxygen atoms in total. The SMILES string of the molecule is CCC(C)(CC)S(=O)(=O)CC1(NC(C)C)CCCCC1. The van der Waals surface area contributed by atoms with Crippen LogP contribution in [0.4, 0.5) is 0 Å². The van der Waals surface area contributed by atoms with Gasteiger partial charge < -0.3 is 5.32 Å². The molecule has 0 aromatic carbocycles.